The molecule has 96 valence electrons. The van der Waals surface area contributed by atoms with Crippen molar-refractivity contribution in [2.24, 2.45) is 0 Å². The van der Waals surface area contributed by atoms with E-state index < -0.39 is 0 Å². The van der Waals surface area contributed by atoms with Gasteiger partial charge in [-0.05, 0) is 37.9 Å². The molecule has 17 heavy (non-hydrogen) atoms. The van der Waals surface area contributed by atoms with Gasteiger partial charge in [0.15, 0.2) is 0 Å². The molecular weight excluding hydrogens is 256 g/mol. The van der Waals surface area contributed by atoms with Gasteiger partial charge in [0.2, 0.25) is 0 Å². The maximum absolute atomic E-state index is 12.1. The lowest BCUT2D eigenvalue weighted by atomic mass is 10.2. The second-order valence-corrected chi connectivity index (χ2v) is 5.38. The monoisotopic (exact) mass is 274 g/mol. The number of amides is 1. The van der Waals surface area contributed by atoms with E-state index in [4.69, 9.17) is 0 Å². The first-order chi connectivity index (χ1) is 7.72. The average Bonchev–Trinajstić information content (AvgIpc) is 2.84. The van der Waals surface area contributed by atoms with Gasteiger partial charge < -0.3 is 10.2 Å². The molecule has 0 unspecified atom stereocenters. The van der Waals surface area contributed by atoms with Crippen LogP contribution in [0.5, 0.6) is 0 Å². The van der Waals surface area contributed by atoms with Crippen LogP contribution in [0, 0.1) is 0 Å². The van der Waals surface area contributed by atoms with Crippen molar-refractivity contribution in [3.8, 4) is 0 Å². The molecule has 1 aromatic rings. The van der Waals surface area contributed by atoms with Crippen LogP contribution in [0.15, 0.2) is 6.07 Å². The minimum Gasteiger partial charge on any atom is -0.340 e. The second kappa shape index (κ2) is 6.38. The Bertz CT molecular complexity index is 370. The van der Waals surface area contributed by atoms with Crippen LogP contribution in [0.4, 0.5) is 0 Å². The molecular formula is C12H19ClN2OS. The summed E-state index contributed by atoms with van der Waals surface area (Å²) in [6.45, 7) is 1.60. The normalized spacial score (nSPS) is 13.1. The highest BCUT2D eigenvalue weighted by Gasteiger charge is 2.20. The van der Waals surface area contributed by atoms with Crippen LogP contribution in [0.1, 0.15) is 26.5 Å². The highest BCUT2D eigenvalue weighted by atomic mass is 35.5. The van der Waals surface area contributed by atoms with Gasteiger partial charge >= 0.3 is 0 Å². The van der Waals surface area contributed by atoms with Crippen molar-refractivity contribution >= 4 is 29.7 Å². The summed E-state index contributed by atoms with van der Waals surface area (Å²) in [4.78, 5) is 16.2. The molecule has 0 saturated carbocycles. The van der Waals surface area contributed by atoms with Crippen LogP contribution in [0.3, 0.4) is 0 Å². The summed E-state index contributed by atoms with van der Waals surface area (Å²) in [5, 5.41) is 3.05. The molecule has 0 fully saturated rings. The van der Waals surface area contributed by atoms with Crippen molar-refractivity contribution in [3.63, 3.8) is 0 Å². The third kappa shape index (κ3) is 3.21. The molecule has 1 aliphatic rings. The zero-order valence-corrected chi connectivity index (χ0v) is 11.9. The Morgan fingerprint density at radius 3 is 2.94 bits per heavy atom. The van der Waals surface area contributed by atoms with Gasteiger partial charge in [0.1, 0.15) is 0 Å². The van der Waals surface area contributed by atoms with Crippen molar-refractivity contribution < 1.29 is 4.79 Å². The minimum absolute atomic E-state index is 0. The van der Waals surface area contributed by atoms with Crippen molar-refractivity contribution in [2.45, 2.75) is 19.3 Å². The van der Waals surface area contributed by atoms with Gasteiger partial charge in [-0.2, -0.15) is 0 Å². The maximum Gasteiger partial charge on any atom is 0.263 e. The van der Waals surface area contributed by atoms with Crippen molar-refractivity contribution in [1.29, 1.82) is 0 Å². The number of nitrogens with zero attached hydrogens (tertiary/aromatic N) is 1. The predicted octanol–water partition coefficient (Wildman–Crippen LogP) is 1.95. The number of likely N-dealkylation sites (N-methyl/N-ethyl adjacent to an activating group) is 2. The maximum atomic E-state index is 12.1. The van der Waals surface area contributed by atoms with E-state index in [0.29, 0.717) is 0 Å². The zero-order valence-electron chi connectivity index (χ0n) is 10.3. The molecule has 5 heteroatoms. The van der Waals surface area contributed by atoms with E-state index in [0.717, 1.165) is 30.8 Å². The van der Waals surface area contributed by atoms with Gasteiger partial charge in [-0.25, -0.2) is 0 Å². The molecule has 1 amide bonds. The van der Waals surface area contributed by atoms with Crippen molar-refractivity contribution in [1.82, 2.24) is 10.2 Å². The Kier molecular flexibility index (Phi) is 5.43. The molecule has 0 spiro atoms. The van der Waals surface area contributed by atoms with Crippen LogP contribution in [0.25, 0.3) is 0 Å². The summed E-state index contributed by atoms with van der Waals surface area (Å²) in [7, 11) is 3.77. The molecule has 1 aliphatic carbocycles. The number of halogens is 1. The summed E-state index contributed by atoms with van der Waals surface area (Å²) in [5.74, 6) is 0.162. The van der Waals surface area contributed by atoms with E-state index >= 15 is 0 Å². The fourth-order valence-electron chi connectivity index (χ4n) is 2.00. The summed E-state index contributed by atoms with van der Waals surface area (Å²) in [6, 6.07) is 2.09. The Morgan fingerprint density at radius 1 is 1.53 bits per heavy atom. The molecule has 0 aromatic carbocycles. The van der Waals surface area contributed by atoms with E-state index in [1.165, 1.54) is 16.9 Å². The quantitative estimate of drug-likeness (QED) is 0.910. The predicted molar refractivity (Wildman–Crippen MR) is 74.5 cm³/mol. The lowest BCUT2D eigenvalue weighted by molar-refractivity contribution is 0.0801. The fourth-order valence-corrected chi connectivity index (χ4v) is 3.25. The number of carbonyl (C=O) groups is 1. The minimum atomic E-state index is 0. The summed E-state index contributed by atoms with van der Waals surface area (Å²) < 4.78 is 0. The topological polar surface area (TPSA) is 32.3 Å². The number of thiophene rings is 1. The number of nitrogens with one attached hydrogen (secondary N) is 1. The highest BCUT2D eigenvalue weighted by Crippen LogP contribution is 2.30. The first kappa shape index (κ1) is 14.5. The summed E-state index contributed by atoms with van der Waals surface area (Å²) in [6.07, 6.45) is 3.57. The molecule has 2 rings (SSSR count). The van der Waals surface area contributed by atoms with Crippen LogP contribution in [0.2, 0.25) is 0 Å². The lowest BCUT2D eigenvalue weighted by Gasteiger charge is -2.15. The van der Waals surface area contributed by atoms with Gasteiger partial charge in [-0.3, -0.25) is 4.79 Å². The standard InChI is InChI=1S/C12H18N2OS.ClH/c1-13-6-7-14(2)12(15)11-8-9-4-3-5-10(9)16-11;/h8,13H,3-7H2,1-2H3;1H. The van der Waals surface area contributed by atoms with Gasteiger partial charge in [-0.1, -0.05) is 0 Å². The molecule has 0 saturated heterocycles. The van der Waals surface area contributed by atoms with E-state index in [9.17, 15) is 4.79 Å². The van der Waals surface area contributed by atoms with E-state index in [-0.39, 0.29) is 18.3 Å². The molecule has 1 aromatic heterocycles. The Morgan fingerprint density at radius 2 is 2.29 bits per heavy atom. The molecule has 0 bridgehead atoms. The summed E-state index contributed by atoms with van der Waals surface area (Å²) >= 11 is 1.68. The molecule has 0 radical (unpaired) electrons. The van der Waals surface area contributed by atoms with Crippen molar-refractivity contribution in [3.05, 3.63) is 21.4 Å². The van der Waals surface area contributed by atoms with Crippen LogP contribution < -0.4 is 5.32 Å². The van der Waals surface area contributed by atoms with Gasteiger partial charge in [0.25, 0.3) is 5.91 Å². The highest BCUT2D eigenvalue weighted by molar-refractivity contribution is 7.14. The molecule has 0 atom stereocenters. The van der Waals surface area contributed by atoms with Crippen LogP contribution in [-0.2, 0) is 12.8 Å². The van der Waals surface area contributed by atoms with Crippen molar-refractivity contribution in [2.75, 3.05) is 27.2 Å². The SMILES string of the molecule is CNCCN(C)C(=O)c1cc2c(s1)CCC2.Cl. The number of rotatable bonds is 4. The number of fused-ring (bicyclic) bond motifs is 1. The van der Waals surface area contributed by atoms with Crippen LogP contribution in [-0.4, -0.2) is 38.0 Å². The third-order valence-corrected chi connectivity index (χ3v) is 4.23. The Balaban J connectivity index is 0.00000144. The number of carbonyl (C=O) groups excluding carboxylic acids is 1. The average molecular weight is 275 g/mol. The largest absolute Gasteiger partial charge is 0.340 e. The Labute approximate surface area is 113 Å². The first-order valence-corrected chi connectivity index (χ1v) is 6.55. The first-order valence-electron chi connectivity index (χ1n) is 5.74. The van der Waals surface area contributed by atoms with Crippen LogP contribution >= 0.6 is 23.7 Å². The molecule has 1 heterocycles. The fraction of sp³-hybridized carbons (Fsp3) is 0.583. The number of hydrogen-bond donors (Lipinski definition) is 1. The number of hydrogen-bond acceptors (Lipinski definition) is 3. The molecule has 0 aliphatic heterocycles. The number of aryl methyl sites for hydroxylation is 2. The van der Waals surface area contributed by atoms with Gasteiger partial charge in [-0.15, -0.1) is 23.7 Å². The third-order valence-electron chi connectivity index (χ3n) is 3.00. The Hall–Kier alpha value is -0.580. The van der Waals surface area contributed by atoms with E-state index in [1.54, 1.807) is 16.2 Å². The second-order valence-electron chi connectivity index (χ2n) is 4.24. The van der Waals surface area contributed by atoms with E-state index in [1.807, 2.05) is 14.1 Å². The van der Waals surface area contributed by atoms with Gasteiger partial charge in [0.05, 0.1) is 4.88 Å². The van der Waals surface area contributed by atoms with Gasteiger partial charge in [0, 0.05) is 25.0 Å². The smallest absolute Gasteiger partial charge is 0.263 e. The molecule has 1 N–H and O–H groups in total. The zero-order chi connectivity index (χ0) is 11.5. The molecule has 3 nitrogen and oxygen atoms in total. The van der Waals surface area contributed by atoms with E-state index in [2.05, 4.69) is 11.4 Å². The lowest BCUT2D eigenvalue weighted by Crippen LogP contribution is -2.32. The summed E-state index contributed by atoms with van der Waals surface area (Å²) in [5.41, 5.74) is 1.40.